The van der Waals surface area contributed by atoms with Gasteiger partial charge in [-0.2, -0.15) is 0 Å². The summed E-state index contributed by atoms with van der Waals surface area (Å²) >= 11 is 0. The van der Waals surface area contributed by atoms with Gasteiger partial charge in [0.2, 0.25) is 15.8 Å². The normalized spacial score (nSPS) is 11.3. The number of methoxy groups -OCH3 is 1. The summed E-state index contributed by atoms with van der Waals surface area (Å²) in [5, 5.41) is 13.5. The molecule has 0 spiro atoms. The maximum absolute atomic E-state index is 13.7. The second kappa shape index (κ2) is 6.59. The third kappa shape index (κ3) is 3.62. The Balaban J connectivity index is 3.23. The van der Waals surface area contributed by atoms with Gasteiger partial charge in [-0.25, -0.2) is 17.5 Å². The molecule has 0 saturated heterocycles. The van der Waals surface area contributed by atoms with Crippen LogP contribution in [0.25, 0.3) is 0 Å². The Labute approximate surface area is 115 Å². The van der Waals surface area contributed by atoms with E-state index in [1.807, 2.05) is 0 Å². The zero-order valence-corrected chi connectivity index (χ0v) is 11.7. The number of halogens is 1. The number of nitrogens with one attached hydrogen (secondary N) is 2. The van der Waals surface area contributed by atoms with Gasteiger partial charge in [-0.1, -0.05) is 0 Å². The van der Waals surface area contributed by atoms with Crippen LogP contribution in [0, 0.1) is 15.9 Å². The van der Waals surface area contributed by atoms with Gasteiger partial charge in [-0.15, -0.1) is 0 Å². The summed E-state index contributed by atoms with van der Waals surface area (Å²) in [4.78, 5) is 9.37. The quantitative estimate of drug-likeness (QED) is 0.424. The highest BCUT2D eigenvalue weighted by Crippen LogP contribution is 2.32. The number of hydrogen-bond acceptors (Lipinski definition) is 6. The van der Waals surface area contributed by atoms with Crippen LogP contribution in [0.3, 0.4) is 0 Å². The largest absolute Gasteiger partial charge is 0.488 e. The molecule has 1 aromatic carbocycles. The van der Waals surface area contributed by atoms with Crippen LogP contribution in [0.4, 0.5) is 10.1 Å². The van der Waals surface area contributed by atoms with Gasteiger partial charge in [0.1, 0.15) is 0 Å². The number of rotatable bonds is 7. The van der Waals surface area contributed by atoms with E-state index in [2.05, 4.69) is 14.8 Å². The lowest BCUT2D eigenvalue weighted by molar-refractivity contribution is -0.386. The van der Waals surface area contributed by atoms with Crippen LogP contribution in [-0.4, -0.2) is 40.6 Å². The molecule has 1 aromatic rings. The molecule has 8 nitrogen and oxygen atoms in total. The van der Waals surface area contributed by atoms with Crippen molar-refractivity contribution in [2.75, 3.05) is 27.2 Å². The zero-order chi connectivity index (χ0) is 15.3. The fourth-order valence-electron chi connectivity index (χ4n) is 1.44. The van der Waals surface area contributed by atoms with Gasteiger partial charge in [-0.3, -0.25) is 10.1 Å². The second-order valence-corrected chi connectivity index (χ2v) is 5.48. The van der Waals surface area contributed by atoms with E-state index in [4.69, 9.17) is 0 Å². The molecule has 20 heavy (non-hydrogen) atoms. The summed E-state index contributed by atoms with van der Waals surface area (Å²) in [7, 11) is -1.33. The van der Waals surface area contributed by atoms with E-state index in [1.165, 1.54) is 0 Å². The molecular weight excluding hydrogens is 293 g/mol. The molecule has 0 unspecified atom stereocenters. The summed E-state index contributed by atoms with van der Waals surface area (Å²) < 4.78 is 44.1. The fourth-order valence-corrected chi connectivity index (χ4v) is 2.50. The first kappa shape index (κ1) is 16.3. The third-order valence-corrected chi connectivity index (χ3v) is 3.82. The van der Waals surface area contributed by atoms with E-state index in [1.54, 1.807) is 7.05 Å². The lowest BCUT2D eigenvalue weighted by atomic mass is 10.3. The molecule has 0 fully saturated rings. The minimum Gasteiger partial charge on any atom is -0.488 e. The lowest BCUT2D eigenvalue weighted by Crippen LogP contribution is -2.30. The molecule has 2 N–H and O–H groups in total. The third-order valence-electron chi connectivity index (χ3n) is 2.38. The van der Waals surface area contributed by atoms with Crippen molar-refractivity contribution in [3.8, 4) is 5.75 Å². The molecule has 0 heterocycles. The average molecular weight is 307 g/mol. The van der Waals surface area contributed by atoms with Gasteiger partial charge in [0.05, 0.1) is 16.9 Å². The molecule has 0 aliphatic rings. The number of benzene rings is 1. The fraction of sp³-hybridized carbons (Fsp3) is 0.400. The van der Waals surface area contributed by atoms with Gasteiger partial charge in [0, 0.05) is 19.2 Å². The standard InChI is InChI=1S/C10H14FN3O5S/c1-12-3-4-13-20(17,18)7-5-8(11)10(19-2)9(6-7)14(15)16/h5-6,12-13H,3-4H2,1-2H3. The molecule has 0 amide bonds. The van der Waals surface area contributed by atoms with Crippen molar-refractivity contribution in [2.24, 2.45) is 0 Å². The summed E-state index contributed by atoms with van der Waals surface area (Å²) in [6, 6.07) is 1.43. The second-order valence-electron chi connectivity index (χ2n) is 3.72. The van der Waals surface area contributed by atoms with Crippen molar-refractivity contribution in [2.45, 2.75) is 4.90 Å². The first-order valence-corrected chi connectivity index (χ1v) is 6.98. The Kier molecular flexibility index (Phi) is 5.36. The lowest BCUT2D eigenvalue weighted by Gasteiger charge is -2.08. The SMILES string of the molecule is CNCCNS(=O)(=O)c1cc(F)c(OC)c([N+](=O)[O-])c1. The topological polar surface area (TPSA) is 111 Å². The Morgan fingerprint density at radius 2 is 2.05 bits per heavy atom. The van der Waals surface area contributed by atoms with Crippen LogP contribution in [0.15, 0.2) is 17.0 Å². The molecular formula is C10H14FN3O5S. The van der Waals surface area contributed by atoms with E-state index >= 15 is 0 Å². The van der Waals surface area contributed by atoms with Crippen molar-refractivity contribution in [1.82, 2.24) is 10.0 Å². The maximum Gasteiger partial charge on any atom is 0.315 e. The Hall–Kier alpha value is -1.78. The first-order chi connectivity index (χ1) is 9.33. The van der Waals surface area contributed by atoms with Crippen LogP contribution in [0.5, 0.6) is 5.75 Å². The Bertz CT molecular complexity index is 605. The van der Waals surface area contributed by atoms with Crippen LogP contribution >= 0.6 is 0 Å². The summed E-state index contributed by atoms with van der Waals surface area (Å²) in [6.07, 6.45) is 0. The van der Waals surface area contributed by atoms with Crippen molar-refractivity contribution in [3.63, 3.8) is 0 Å². The molecule has 0 bridgehead atoms. The van der Waals surface area contributed by atoms with Crippen molar-refractivity contribution >= 4 is 15.7 Å². The molecule has 0 radical (unpaired) electrons. The number of sulfonamides is 1. The monoisotopic (exact) mass is 307 g/mol. The van der Waals surface area contributed by atoms with Gasteiger partial charge in [0.15, 0.2) is 5.82 Å². The minimum atomic E-state index is -4.03. The summed E-state index contributed by atoms with van der Waals surface area (Å²) in [6.45, 7) is 0.431. The van der Waals surface area contributed by atoms with Gasteiger partial charge in [0.25, 0.3) is 0 Å². The molecule has 0 atom stereocenters. The number of likely N-dealkylation sites (N-methyl/N-ethyl adjacent to an activating group) is 1. The van der Waals surface area contributed by atoms with Crippen LogP contribution in [-0.2, 0) is 10.0 Å². The molecule has 10 heteroatoms. The van der Waals surface area contributed by atoms with Crippen LogP contribution in [0.2, 0.25) is 0 Å². The number of nitro benzene ring substituents is 1. The van der Waals surface area contributed by atoms with E-state index in [0.29, 0.717) is 12.6 Å². The predicted molar refractivity (Wildman–Crippen MR) is 68.7 cm³/mol. The molecule has 0 aliphatic carbocycles. The smallest absolute Gasteiger partial charge is 0.315 e. The number of hydrogen-bond donors (Lipinski definition) is 2. The van der Waals surface area contributed by atoms with Crippen molar-refractivity contribution in [1.29, 1.82) is 0 Å². The number of ether oxygens (including phenoxy) is 1. The van der Waals surface area contributed by atoms with Gasteiger partial charge >= 0.3 is 5.69 Å². The summed E-state index contributed by atoms with van der Waals surface area (Å²) in [5.74, 6) is -1.72. The average Bonchev–Trinajstić information content (AvgIpc) is 2.37. The minimum absolute atomic E-state index is 0.0697. The highest BCUT2D eigenvalue weighted by atomic mass is 32.2. The molecule has 1 rings (SSSR count). The van der Waals surface area contributed by atoms with E-state index in [-0.39, 0.29) is 6.54 Å². The van der Waals surface area contributed by atoms with Crippen molar-refractivity contribution < 1.29 is 22.5 Å². The highest BCUT2D eigenvalue weighted by Gasteiger charge is 2.25. The first-order valence-electron chi connectivity index (χ1n) is 5.49. The van der Waals surface area contributed by atoms with E-state index < -0.39 is 37.1 Å². The van der Waals surface area contributed by atoms with Crippen LogP contribution in [0.1, 0.15) is 0 Å². The predicted octanol–water partition coefficient (Wildman–Crippen LogP) is 0.240. The number of nitrogens with zero attached hydrogens (tertiary/aromatic N) is 1. The zero-order valence-electron chi connectivity index (χ0n) is 10.8. The Morgan fingerprint density at radius 1 is 1.40 bits per heavy atom. The molecule has 112 valence electrons. The van der Waals surface area contributed by atoms with Crippen molar-refractivity contribution in [3.05, 3.63) is 28.1 Å². The summed E-state index contributed by atoms with van der Waals surface area (Å²) in [5.41, 5.74) is -0.749. The molecule has 0 aliphatic heterocycles. The molecule has 0 aromatic heterocycles. The van der Waals surface area contributed by atoms with E-state index in [0.717, 1.165) is 13.2 Å². The maximum atomic E-state index is 13.7. The van der Waals surface area contributed by atoms with E-state index in [9.17, 15) is 22.9 Å². The van der Waals surface area contributed by atoms with Gasteiger partial charge in [-0.05, 0) is 13.1 Å². The van der Waals surface area contributed by atoms with Crippen LogP contribution < -0.4 is 14.8 Å². The molecule has 0 saturated carbocycles. The Morgan fingerprint density at radius 3 is 2.55 bits per heavy atom. The number of nitro groups is 1. The van der Waals surface area contributed by atoms with Gasteiger partial charge < -0.3 is 10.1 Å². The highest BCUT2D eigenvalue weighted by molar-refractivity contribution is 7.89.